The summed E-state index contributed by atoms with van der Waals surface area (Å²) in [7, 11) is 0. The van der Waals surface area contributed by atoms with Crippen molar-refractivity contribution in [3.8, 4) is 5.75 Å². The molecular weight excluding hydrogens is 254 g/mol. The molecule has 0 aromatic heterocycles. The second kappa shape index (κ2) is 8.25. The van der Waals surface area contributed by atoms with Gasteiger partial charge in [-0.3, -0.25) is 0 Å². The van der Waals surface area contributed by atoms with Crippen LogP contribution in [-0.2, 0) is 11.2 Å². The third-order valence-corrected chi connectivity index (χ3v) is 3.59. The van der Waals surface area contributed by atoms with Gasteiger partial charge in [-0.25, -0.2) is 0 Å². The van der Waals surface area contributed by atoms with Gasteiger partial charge in [0.15, 0.2) is 0 Å². The lowest BCUT2D eigenvalue weighted by molar-refractivity contribution is 0.0703. The van der Waals surface area contributed by atoms with Gasteiger partial charge in [0.1, 0.15) is 12.4 Å². The van der Waals surface area contributed by atoms with Crippen LogP contribution in [0.3, 0.4) is 0 Å². The maximum Gasteiger partial charge on any atom is 0.122 e. The molecule has 1 unspecified atom stereocenters. The molecule has 1 atom stereocenters. The van der Waals surface area contributed by atoms with Crippen LogP contribution in [0.1, 0.15) is 36.9 Å². The zero-order chi connectivity index (χ0) is 14.2. The van der Waals surface area contributed by atoms with E-state index in [4.69, 9.17) is 14.6 Å². The molecule has 0 fully saturated rings. The largest absolute Gasteiger partial charge is 0.491 e. The van der Waals surface area contributed by atoms with E-state index < -0.39 is 0 Å². The maximum absolute atomic E-state index is 8.64. The van der Waals surface area contributed by atoms with Crippen LogP contribution in [0.25, 0.3) is 0 Å². The van der Waals surface area contributed by atoms with Gasteiger partial charge in [0.25, 0.3) is 0 Å². The molecule has 0 saturated heterocycles. The fraction of sp³-hybridized carbons (Fsp3) is 0.625. The third kappa shape index (κ3) is 3.95. The van der Waals surface area contributed by atoms with Gasteiger partial charge in [-0.1, -0.05) is 19.1 Å². The molecule has 2 rings (SSSR count). The van der Waals surface area contributed by atoms with E-state index in [1.54, 1.807) is 0 Å². The van der Waals surface area contributed by atoms with Crippen LogP contribution in [0.15, 0.2) is 18.2 Å². The third-order valence-electron chi connectivity index (χ3n) is 3.59. The van der Waals surface area contributed by atoms with Crippen LogP contribution in [0, 0.1) is 0 Å². The predicted molar refractivity (Wildman–Crippen MR) is 79.2 cm³/mol. The number of nitrogens with one attached hydrogen (secondary N) is 1. The highest BCUT2D eigenvalue weighted by Gasteiger charge is 2.24. The number of hydrogen-bond donors (Lipinski definition) is 2. The lowest BCUT2D eigenvalue weighted by Crippen LogP contribution is -2.19. The highest BCUT2D eigenvalue weighted by atomic mass is 16.5. The smallest absolute Gasteiger partial charge is 0.122 e. The van der Waals surface area contributed by atoms with Gasteiger partial charge in [0.05, 0.1) is 19.8 Å². The van der Waals surface area contributed by atoms with E-state index in [1.807, 2.05) is 6.07 Å². The summed E-state index contributed by atoms with van der Waals surface area (Å²) in [5.41, 5.74) is 2.72. The Morgan fingerprint density at radius 3 is 3.00 bits per heavy atom. The Morgan fingerprint density at radius 1 is 1.30 bits per heavy atom. The van der Waals surface area contributed by atoms with E-state index in [0.717, 1.165) is 31.6 Å². The second-order valence-corrected chi connectivity index (χ2v) is 5.05. The summed E-state index contributed by atoms with van der Waals surface area (Å²) in [5, 5.41) is 12.2. The van der Waals surface area contributed by atoms with Crippen LogP contribution in [0.2, 0.25) is 0 Å². The minimum absolute atomic E-state index is 0.0610. The molecule has 1 aromatic rings. The van der Waals surface area contributed by atoms with E-state index in [9.17, 15) is 0 Å². The molecule has 20 heavy (non-hydrogen) atoms. The average Bonchev–Trinajstić information content (AvgIpc) is 2.89. The summed E-state index contributed by atoms with van der Waals surface area (Å²) in [6.07, 6.45) is 3.38. The van der Waals surface area contributed by atoms with Crippen molar-refractivity contribution in [1.29, 1.82) is 0 Å². The summed E-state index contributed by atoms with van der Waals surface area (Å²) >= 11 is 0. The van der Waals surface area contributed by atoms with E-state index >= 15 is 0 Å². The molecule has 0 aliphatic heterocycles. The van der Waals surface area contributed by atoms with Gasteiger partial charge in [-0.15, -0.1) is 0 Å². The molecule has 2 N–H and O–H groups in total. The first-order chi connectivity index (χ1) is 9.86. The maximum atomic E-state index is 8.64. The van der Waals surface area contributed by atoms with Crippen LogP contribution in [0.4, 0.5) is 0 Å². The Balaban J connectivity index is 1.90. The topological polar surface area (TPSA) is 50.7 Å². The lowest BCUT2D eigenvalue weighted by atomic mass is 10.1. The lowest BCUT2D eigenvalue weighted by Gasteiger charge is -2.15. The van der Waals surface area contributed by atoms with Crippen LogP contribution >= 0.6 is 0 Å². The molecule has 1 aromatic carbocycles. The van der Waals surface area contributed by atoms with E-state index in [-0.39, 0.29) is 6.61 Å². The molecule has 0 heterocycles. The highest BCUT2D eigenvalue weighted by Crippen LogP contribution is 2.36. The number of aliphatic hydroxyl groups is 1. The first-order valence-electron chi connectivity index (χ1n) is 7.53. The predicted octanol–water partition coefficient (Wildman–Crippen LogP) is 2.06. The number of benzene rings is 1. The molecule has 0 amide bonds. The van der Waals surface area contributed by atoms with Gasteiger partial charge in [-0.05, 0) is 43.0 Å². The average molecular weight is 279 g/mol. The fourth-order valence-electron chi connectivity index (χ4n) is 2.66. The molecule has 0 spiro atoms. The highest BCUT2D eigenvalue weighted by molar-refractivity contribution is 5.45. The minimum atomic E-state index is 0.0610. The minimum Gasteiger partial charge on any atom is -0.491 e. The Kier molecular flexibility index (Phi) is 6.30. The molecule has 0 saturated carbocycles. The summed E-state index contributed by atoms with van der Waals surface area (Å²) in [6.45, 7) is 4.73. The summed E-state index contributed by atoms with van der Waals surface area (Å²) in [6, 6.07) is 6.77. The quantitative estimate of drug-likeness (QED) is 0.679. The summed E-state index contributed by atoms with van der Waals surface area (Å²) in [4.78, 5) is 0. The molecule has 1 aliphatic rings. The fourth-order valence-corrected chi connectivity index (χ4v) is 2.66. The second-order valence-electron chi connectivity index (χ2n) is 5.05. The van der Waals surface area contributed by atoms with Gasteiger partial charge < -0.3 is 19.9 Å². The van der Waals surface area contributed by atoms with Crippen molar-refractivity contribution in [1.82, 2.24) is 5.32 Å². The Hall–Kier alpha value is -1.10. The molecule has 4 heteroatoms. The van der Waals surface area contributed by atoms with Crippen LogP contribution in [0.5, 0.6) is 5.75 Å². The standard InChI is InChI=1S/C16H25NO3/c1-2-8-17-15-7-6-14-13(15)4-3-5-16(14)20-12-11-19-10-9-18/h3-5,15,17-18H,2,6-12H2,1H3. The van der Waals surface area contributed by atoms with Crippen LogP contribution in [-0.4, -0.2) is 38.1 Å². The molecular formula is C16H25NO3. The van der Waals surface area contributed by atoms with Gasteiger partial charge in [0, 0.05) is 6.04 Å². The Bertz CT molecular complexity index is 409. The van der Waals surface area contributed by atoms with Crippen molar-refractivity contribution < 1.29 is 14.6 Å². The van der Waals surface area contributed by atoms with Crippen molar-refractivity contribution in [3.05, 3.63) is 29.3 Å². The first-order valence-corrected chi connectivity index (χ1v) is 7.53. The number of fused-ring (bicyclic) bond motifs is 1. The van der Waals surface area contributed by atoms with Crippen molar-refractivity contribution in [3.63, 3.8) is 0 Å². The van der Waals surface area contributed by atoms with Crippen molar-refractivity contribution in [2.24, 2.45) is 0 Å². The SMILES string of the molecule is CCCNC1CCc2c(OCCOCCO)cccc21. The van der Waals surface area contributed by atoms with Crippen LogP contribution < -0.4 is 10.1 Å². The summed E-state index contributed by atoms with van der Waals surface area (Å²) < 4.78 is 11.0. The van der Waals surface area contributed by atoms with E-state index in [0.29, 0.717) is 25.9 Å². The van der Waals surface area contributed by atoms with Crippen molar-refractivity contribution in [2.75, 3.05) is 33.0 Å². The molecule has 0 radical (unpaired) electrons. The molecule has 112 valence electrons. The molecule has 4 nitrogen and oxygen atoms in total. The van der Waals surface area contributed by atoms with Gasteiger partial charge in [-0.2, -0.15) is 0 Å². The normalized spacial score (nSPS) is 17.2. The number of hydrogen-bond acceptors (Lipinski definition) is 4. The zero-order valence-corrected chi connectivity index (χ0v) is 12.2. The Labute approximate surface area is 121 Å². The summed E-state index contributed by atoms with van der Waals surface area (Å²) in [5.74, 6) is 0.982. The zero-order valence-electron chi connectivity index (χ0n) is 12.2. The van der Waals surface area contributed by atoms with Gasteiger partial charge >= 0.3 is 0 Å². The molecule has 1 aliphatic carbocycles. The monoisotopic (exact) mass is 279 g/mol. The van der Waals surface area contributed by atoms with E-state index in [1.165, 1.54) is 11.1 Å². The first kappa shape index (κ1) is 15.3. The van der Waals surface area contributed by atoms with Crippen molar-refractivity contribution in [2.45, 2.75) is 32.2 Å². The Morgan fingerprint density at radius 2 is 2.20 bits per heavy atom. The van der Waals surface area contributed by atoms with Gasteiger partial charge in [0.2, 0.25) is 0 Å². The van der Waals surface area contributed by atoms with E-state index in [2.05, 4.69) is 24.4 Å². The number of ether oxygens (including phenoxy) is 2. The number of rotatable bonds is 9. The molecule has 0 bridgehead atoms. The van der Waals surface area contributed by atoms with Crippen molar-refractivity contribution >= 4 is 0 Å². The number of aliphatic hydroxyl groups excluding tert-OH is 1.